The highest BCUT2D eigenvalue weighted by molar-refractivity contribution is 6.08. The first-order valence-electron chi connectivity index (χ1n) is 11.9. The van der Waals surface area contributed by atoms with Crippen molar-refractivity contribution in [1.82, 2.24) is 5.43 Å². The van der Waals surface area contributed by atoms with E-state index in [0.717, 1.165) is 0 Å². The number of amides is 5. The van der Waals surface area contributed by atoms with Crippen LogP contribution < -0.4 is 26.4 Å². The van der Waals surface area contributed by atoms with E-state index in [-0.39, 0.29) is 17.7 Å². The van der Waals surface area contributed by atoms with Gasteiger partial charge in [0.2, 0.25) is 11.8 Å². The maximum atomic E-state index is 13.1. The fourth-order valence-corrected chi connectivity index (χ4v) is 4.46. The zero-order chi connectivity index (χ0) is 25.8. The zero-order valence-corrected chi connectivity index (χ0v) is 19.8. The summed E-state index contributed by atoms with van der Waals surface area (Å²) < 4.78 is 0. The highest BCUT2D eigenvalue weighted by Gasteiger charge is 2.42. The number of fused-ring (bicyclic) bond motifs is 1. The van der Waals surface area contributed by atoms with E-state index in [1.165, 1.54) is 5.01 Å². The van der Waals surface area contributed by atoms with E-state index in [1.807, 2.05) is 30.4 Å². The molecule has 0 bridgehead atoms. The number of nitrogens with zero attached hydrogens (tertiary/aromatic N) is 1. The Labute approximate surface area is 213 Å². The Balaban J connectivity index is 1.26. The number of rotatable bonds is 5. The number of allylic oxidation sites excluding steroid dienone is 2. The highest BCUT2D eigenvalue weighted by Crippen LogP contribution is 2.32. The molecule has 3 aromatic carbocycles. The third-order valence-corrected chi connectivity index (χ3v) is 6.31. The lowest BCUT2D eigenvalue weighted by molar-refractivity contribution is -0.139. The lowest BCUT2D eigenvalue weighted by Crippen LogP contribution is -2.59. The van der Waals surface area contributed by atoms with Crippen molar-refractivity contribution in [1.29, 1.82) is 0 Å². The Bertz CT molecular complexity index is 1390. The standard InChI is InChI=1S/C28H25N5O4/c34-25(29-20-11-7-12-21(17-20)31-28(37)30-19-9-2-1-3-10-19)18-8-6-13-22(16-18)33-27(36)24-15-5-4-14-23(24)26(35)32-33/h1-13,16-17,23-24H,14-15H2,(H,29,34)(H,32,35)(H2,30,31,37). The van der Waals surface area contributed by atoms with E-state index in [1.54, 1.807) is 60.7 Å². The van der Waals surface area contributed by atoms with Gasteiger partial charge in [-0.1, -0.05) is 42.5 Å². The third kappa shape index (κ3) is 5.35. The van der Waals surface area contributed by atoms with Gasteiger partial charge in [-0.15, -0.1) is 0 Å². The minimum absolute atomic E-state index is 0.195. The fourth-order valence-electron chi connectivity index (χ4n) is 4.46. The molecule has 5 amide bonds. The van der Waals surface area contributed by atoms with Crippen molar-refractivity contribution < 1.29 is 19.2 Å². The Morgan fingerprint density at radius 1 is 0.730 bits per heavy atom. The van der Waals surface area contributed by atoms with E-state index in [2.05, 4.69) is 21.4 Å². The average Bonchev–Trinajstić information content (AvgIpc) is 2.91. The smallest absolute Gasteiger partial charge is 0.322 e. The number of anilines is 4. The lowest BCUT2D eigenvalue weighted by atomic mass is 9.80. The van der Waals surface area contributed by atoms with Crippen molar-refractivity contribution in [3.63, 3.8) is 0 Å². The predicted molar refractivity (Wildman–Crippen MR) is 141 cm³/mol. The normalized spacial score (nSPS) is 18.4. The Kier molecular flexibility index (Phi) is 6.67. The van der Waals surface area contributed by atoms with Crippen molar-refractivity contribution in [2.24, 2.45) is 11.8 Å². The third-order valence-electron chi connectivity index (χ3n) is 6.31. The van der Waals surface area contributed by atoms with Crippen LogP contribution >= 0.6 is 0 Å². The van der Waals surface area contributed by atoms with Gasteiger partial charge in [-0.25, -0.2) is 9.80 Å². The summed E-state index contributed by atoms with van der Waals surface area (Å²) in [6.07, 6.45) is 4.91. The van der Waals surface area contributed by atoms with Gasteiger partial charge in [0.05, 0.1) is 17.5 Å². The molecule has 0 saturated carbocycles. The topological polar surface area (TPSA) is 120 Å². The van der Waals surface area contributed by atoms with Crippen LogP contribution in [0, 0.1) is 11.8 Å². The Morgan fingerprint density at radius 2 is 1.38 bits per heavy atom. The van der Waals surface area contributed by atoms with Crippen LogP contribution in [0.25, 0.3) is 0 Å². The van der Waals surface area contributed by atoms with Crippen molar-refractivity contribution >= 4 is 46.5 Å². The summed E-state index contributed by atoms with van der Waals surface area (Å²) in [6.45, 7) is 0. The molecule has 1 heterocycles. The monoisotopic (exact) mass is 495 g/mol. The van der Waals surface area contributed by atoms with E-state index in [4.69, 9.17) is 0 Å². The molecule has 0 aromatic heterocycles. The maximum Gasteiger partial charge on any atom is 0.323 e. The summed E-state index contributed by atoms with van der Waals surface area (Å²) in [6, 6.07) is 21.9. The van der Waals surface area contributed by atoms with Crippen molar-refractivity contribution in [3.8, 4) is 0 Å². The highest BCUT2D eigenvalue weighted by atomic mass is 16.2. The molecule has 9 nitrogen and oxygen atoms in total. The average molecular weight is 496 g/mol. The van der Waals surface area contributed by atoms with Gasteiger partial charge in [-0.05, 0) is 61.4 Å². The van der Waals surface area contributed by atoms with Crippen LogP contribution in [0.5, 0.6) is 0 Å². The van der Waals surface area contributed by atoms with E-state index in [9.17, 15) is 19.2 Å². The molecule has 186 valence electrons. The summed E-state index contributed by atoms with van der Waals surface area (Å²) >= 11 is 0. The first-order valence-corrected chi connectivity index (χ1v) is 11.9. The number of urea groups is 1. The van der Waals surface area contributed by atoms with Crippen LogP contribution in [0.1, 0.15) is 23.2 Å². The number of carbonyl (C=O) groups is 4. The van der Waals surface area contributed by atoms with Crippen LogP contribution in [-0.2, 0) is 9.59 Å². The van der Waals surface area contributed by atoms with Gasteiger partial charge in [0.25, 0.3) is 5.91 Å². The van der Waals surface area contributed by atoms with Gasteiger partial charge < -0.3 is 16.0 Å². The van der Waals surface area contributed by atoms with Gasteiger partial charge >= 0.3 is 6.03 Å². The molecular formula is C28H25N5O4. The molecule has 9 heteroatoms. The van der Waals surface area contributed by atoms with Crippen molar-refractivity contribution in [3.05, 3.63) is 96.6 Å². The maximum absolute atomic E-state index is 13.1. The molecule has 2 unspecified atom stereocenters. The minimum Gasteiger partial charge on any atom is -0.322 e. The quantitative estimate of drug-likeness (QED) is 0.389. The fraction of sp³-hybridized carbons (Fsp3) is 0.143. The lowest BCUT2D eigenvalue weighted by Gasteiger charge is -2.38. The van der Waals surface area contributed by atoms with Gasteiger partial charge in [0.15, 0.2) is 0 Å². The first-order chi connectivity index (χ1) is 18.0. The molecule has 37 heavy (non-hydrogen) atoms. The second kappa shape index (κ2) is 10.4. The molecule has 5 rings (SSSR count). The second-order valence-electron chi connectivity index (χ2n) is 8.84. The zero-order valence-electron chi connectivity index (χ0n) is 19.8. The van der Waals surface area contributed by atoms with Gasteiger partial charge in [-0.2, -0.15) is 0 Å². The summed E-state index contributed by atoms with van der Waals surface area (Å²) in [4.78, 5) is 50.9. The molecule has 0 radical (unpaired) electrons. The number of hydrogen-bond acceptors (Lipinski definition) is 4. The van der Waals surface area contributed by atoms with Crippen LogP contribution in [-0.4, -0.2) is 23.8 Å². The van der Waals surface area contributed by atoms with E-state index >= 15 is 0 Å². The minimum atomic E-state index is -0.412. The number of benzene rings is 3. The van der Waals surface area contributed by atoms with Gasteiger partial charge in [0.1, 0.15) is 0 Å². The van der Waals surface area contributed by atoms with Crippen LogP contribution in [0.2, 0.25) is 0 Å². The summed E-state index contributed by atoms with van der Waals surface area (Å²) in [5, 5.41) is 9.51. The summed E-state index contributed by atoms with van der Waals surface area (Å²) in [5.74, 6) is -1.58. The Hall–Kier alpha value is -4.92. The molecule has 4 N–H and O–H groups in total. The summed E-state index contributed by atoms with van der Waals surface area (Å²) in [5.41, 5.74) is 5.03. The first kappa shape index (κ1) is 23.8. The molecule has 3 aromatic rings. The molecule has 1 aliphatic carbocycles. The van der Waals surface area contributed by atoms with Crippen molar-refractivity contribution in [2.45, 2.75) is 12.8 Å². The molecule has 1 aliphatic heterocycles. The number of hydrazine groups is 1. The number of nitrogens with one attached hydrogen (secondary N) is 4. The van der Waals surface area contributed by atoms with Gasteiger partial charge in [0, 0.05) is 22.6 Å². The molecule has 2 aliphatic rings. The largest absolute Gasteiger partial charge is 0.323 e. The second-order valence-corrected chi connectivity index (χ2v) is 8.84. The molecule has 0 spiro atoms. The van der Waals surface area contributed by atoms with E-state index < -0.39 is 17.9 Å². The summed E-state index contributed by atoms with van der Waals surface area (Å²) in [7, 11) is 0. The number of para-hydroxylation sites is 1. The SMILES string of the molecule is O=C(Nc1ccccc1)Nc1cccc(NC(=O)c2cccc(N3NC(=O)C4CC=CCC4C3=O)c2)c1. The number of hydrogen-bond donors (Lipinski definition) is 4. The molecule has 2 atom stereocenters. The van der Waals surface area contributed by atoms with Gasteiger partial charge in [-0.3, -0.25) is 19.8 Å². The molecule has 1 fully saturated rings. The molecular weight excluding hydrogens is 470 g/mol. The number of carbonyl (C=O) groups excluding carboxylic acids is 4. The van der Waals surface area contributed by atoms with E-state index in [0.29, 0.717) is 41.2 Å². The van der Waals surface area contributed by atoms with Crippen LogP contribution in [0.15, 0.2) is 91.0 Å². The Morgan fingerprint density at radius 3 is 2.16 bits per heavy atom. The molecule has 1 saturated heterocycles. The predicted octanol–water partition coefficient (Wildman–Crippen LogP) is 4.54. The van der Waals surface area contributed by atoms with Crippen LogP contribution in [0.3, 0.4) is 0 Å². The van der Waals surface area contributed by atoms with Crippen LogP contribution in [0.4, 0.5) is 27.5 Å². The van der Waals surface area contributed by atoms with Crippen molar-refractivity contribution in [2.75, 3.05) is 21.0 Å².